The van der Waals surface area contributed by atoms with Crippen molar-refractivity contribution < 1.29 is 4.79 Å². The molecule has 0 spiro atoms. The number of anilines is 1. The standard InChI is InChI=1S/C11H15N3OS/c1-9(15)16-6-4-3-5-10-7-13-11(12-2)14-8-10/h3,5,7-8H,4,6H2,1-2H3,(H,12,13,14). The van der Waals surface area contributed by atoms with Crippen LogP contribution in [0.2, 0.25) is 0 Å². The van der Waals surface area contributed by atoms with Gasteiger partial charge >= 0.3 is 0 Å². The van der Waals surface area contributed by atoms with E-state index < -0.39 is 0 Å². The Morgan fingerprint density at radius 1 is 1.50 bits per heavy atom. The summed E-state index contributed by atoms with van der Waals surface area (Å²) >= 11 is 1.34. The molecule has 0 aliphatic carbocycles. The van der Waals surface area contributed by atoms with Gasteiger partial charge in [0.25, 0.3) is 0 Å². The molecule has 0 fully saturated rings. The fourth-order valence-electron chi connectivity index (χ4n) is 1.04. The summed E-state index contributed by atoms with van der Waals surface area (Å²) in [4.78, 5) is 18.8. The number of carbonyl (C=O) groups excluding carboxylic acids is 1. The van der Waals surface area contributed by atoms with Crippen LogP contribution >= 0.6 is 11.8 Å². The summed E-state index contributed by atoms with van der Waals surface area (Å²) in [6, 6.07) is 0. The first-order chi connectivity index (χ1) is 7.72. The van der Waals surface area contributed by atoms with Crippen molar-refractivity contribution in [2.45, 2.75) is 13.3 Å². The molecule has 5 heteroatoms. The number of nitrogens with one attached hydrogen (secondary N) is 1. The van der Waals surface area contributed by atoms with Crippen LogP contribution in [0.15, 0.2) is 18.5 Å². The third kappa shape index (κ3) is 4.93. The molecular formula is C11H15N3OS. The van der Waals surface area contributed by atoms with E-state index >= 15 is 0 Å². The molecule has 4 nitrogen and oxygen atoms in total. The molecule has 0 amide bonds. The maximum atomic E-state index is 10.7. The zero-order chi connectivity index (χ0) is 11.8. The van der Waals surface area contributed by atoms with Crippen molar-refractivity contribution >= 4 is 28.9 Å². The third-order valence-corrected chi connectivity index (χ3v) is 2.64. The number of hydrogen-bond acceptors (Lipinski definition) is 5. The molecular weight excluding hydrogens is 222 g/mol. The van der Waals surface area contributed by atoms with Gasteiger partial charge in [0, 0.05) is 37.7 Å². The molecule has 0 bridgehead atoms. The Labute approximate surface area is 99.6 Å². The van der Waals surface area contributed by atoms with Crippen LogP contribution in [0.1, 0.15) is 18.9 Å². The highest BCUT2D eigenvalue weighted by molar-refractivity contribution is 8.13. The highest BCUT2D eigenvalue weighted by Gasteiger charge is 1.93. The van der Waals surface area contributed by atoms with E-state index in [1.807, 2.05) is 12.2 Å². The zero-order valence-electron chi connectivity index (χ0n) is 9.43. The minimum absolute atomic E-state index is 0.162. The highest BCUT2D eigenvalue weighted by Crippen LogP contribution is 2.06. The van der Waals surface area contributed by atoms with Crippen LogP contribution < -0.4 is 5.32 Å². The van der Waals surface area contributed by atoms with Crippen molar-refractivity contribution in [3.05, 3.63) is 24.0 Å². The molecule has 1 aromatic heterocycles. The number of nitrogens with zero attached hydrogens (tertiary/aromatic N) is 2. The first-order valence-electron chi connectivity index (χ1n) is 5.02. The molecule has 1 N–H and O–H groups in total. The molecule has 1 aromatic rings. The van der Waals surface area contributed by atoms with Crippen molar-refractivity contribution in [2.24, 2.45) is 0 Å². The number of thioether (sulfide) groups is 1. The Balaban J connectivity index is 2.35. The average molecular weight is 237 g/mol. The number of rotatable bonds is 5. The molecule has 86 valence electrons. The van der Waals surface area contributed by atoms with Gasteiger partial charge in [0.05, 0.1) is 0 Å². The maximum absolute atomic E-state index is 10.7. The summed E-state index contributed by atoms with van der Waals surface area (Å²) in [5, 5.41) is 3.02. The minimum atomic E-state index is 0.162. The largest absolute Gasteiger partial charge is 0.357 e. The van der Waals surface area contributed by atoms with E-state index in [4.69, 9.17) is 0 Å². The molecule has 0 saturated heterocycles. The Morgan fingerprint density at radius 2 is 2.19 bits per heavy atom. The smallest absolute Gasteiger partial charge is 0.222 e. The SMILES string of the molecule is CNc1ncc(C=CCCSC(C)=O)cn1. The van der Waals surface area contributed by atoms with Crippen LogP contribution in [0.25, 0.3) is 6.08 Å². The van der Waals surface area contributed by atoms with Gasteiger partial charge in [0.2, 0.25) is 5.95 Å². The van der Waals surface area contributed by atoms with E-state index in [1.165, 1.54) is 11.8 Å². The molecule has 0 unspecified atom stereocenters. The van der Waals surface area contributed by atoms with Crippen molar-refractivity contribution in [1.29, 1.82) is 0 Å². The molecule has 0 radical (unpaired) electrons. The van der Waals surface area contributed by atoms with E-state index in [2.05, 4.69) is 15.3 Å². The minimum Gasteiger partial charge on any atom is -0.357 e. The molecule has 0 aromatic carbocycles. The quantitative estimate of drug-likeness (QED) is 0.796. The van der Waals surface area contributed by atoms with Crippen LogP contribution in [0.5, 0.6) is 0 Å². The summed E-state index contributed by atoms with van der Waals surface area (Å²) in [5.41, 5.74) is 0.965. The number of hydrogen-bond donors (Lipinski definition) is 1. The van der Waals surface area contributed by atoms with Gasteiger partial charge in [-0.25, -0.2) is 9.97 Å². The second-order valence-corrected chi connectivity index (χ2v) is 4.39. The van der Waals surface area contributed by atoms with Crippen molar-refractivity contribution in [1.82, 2.24) is 9.97 Å². The van der Waals surface area contributed by atoms with Crippen LogP contribution in [0, 0.1) is 0 Å². The van der Waals surface area contributed by atoms with Crippen molar-refractivity contribution in [3.63, 3.8) is 0 Å². The third-order valence-electron chi connectivity index (χ3n) is 1.80. The van der Waals surface area contributed by atoms with Gasteiger partial charge in [-0.3, -0.25) is 4.79 Å². The van der Waals surface area contributed by atoms with E-state index in [-0.39, 0.29) is 5.12 Å². The molecule has 1 heterocycles. The molecule has 0 saturated carbocycles. The lowest BCUT2D eigenvalue weighted by Gasteiger charge is -1.97. The fourth-order valence-corrected chi connectivity index (χ4v) is 1.58. The monoisotopic (exact) mass is 237 g/mol. The van der Waals surface area contributed by atoms with Crippen LogP contribution in [0.4, 0.5) is 5.95 Å². The van der Waals surface area contributed by atoms with Crippen molar-refractivity contribution in [3.8, 4) is 0 Å². The summed E-state index contributed by atoms with van der Waals surface area (Å²) in [6.45, 7) is 1.58. The van der Waals surface area contributed by atoms with Crippen molar-refractivity contribution in [2.75, 3.05) is 18.1 Å². The summed E-state index contributed by atoms with van der Waals surface area (Å²) < 4.78 is 0. The van der Waals surface area contributed by atoms with Gasteiger partial charge in [-0.15, -0.1) is 0 Å². The van der Waals surface area contributed by atoms with Gasteiger partial charge in [-0.2, -0.15) is 0 Å². The summed E-state index contributed by atoms with van der Waals surface area (Å²) in [5.74, 6) is 1.44. The first-order valence-corrected chi connectivity index (χ1v) is 6.00. The topological polar surface area (TPSA) is 54.9 Å². The molecule has 1 rings (SSSR count). The molecule has 16 heavy (non-hydrogen) atoms. The highest BCUT2D eigenvalue weighted by atomic mass is 32.2. The zero-order valence-corrected chi connectivity index (χ0v) is 10.3. The lowest BCUT2D eigenvalue weighted by atomic mass is 10.3. The first kappa shape index (κ1) is 12.7. The van der Waals surface area contributed by atoms with E-state index in [9.17, 15) is 4.79 Å². The van der Waals surface area contributed by atoms with Gasteiger partial charge in [0.1, 0.15) is 0 Å². The predicted molar refractivity (Wildman–Crippen MR) is 68.4 cm³/mol. The average Bonchev–Trinajstić information content (AvgIpc) is 2.29. The van der Waals surface area contributed by atoms with Crippen LogP contribution in [-0.2, 0) is 4.79 Å². The Morgan fingerprint density at radius 3 is 2.75 bits per heavy atom. The van der Waals surface area contributed by atoms with Crippen LogP contribution in [-0.4, -0.2) is 27.9 Å². The number of carbonyl (C=O) groups is 1. The fraction of sp³-hybridized carbons (Fsp3) is 0.364. The second-order valence-electron chi connectivity index (χ2n) is 3.12. The lowest BCUT2D eigenvalue weighted by molar-refractivity contribution is -0.109. The lowest BCUT2D eigenvalue weighted by Crippen LogP contribution is -1.94. The predicted octanol–water partition coefficient (Wildman–Crippen LogP) is 2.20. The van der Waals surface area contributed by atoms with Crippen LogP contribution in [0.3, 0.4) is 0 Å². The Kier molecular flexibility index (Phi) is 5.56. The van der Waals surface area contributed by atoms with E-state index in [0.717, 1.165) is 17.7 Å². The maximum Gasteiger partial charge on any atom is 0.222 e. The van der Waals surface area contributed by atoms with Gasteiger partial charge in [-0.05, 0) is 6.42 Å². The summed E-state index contributed by atoms with van der Waals surface area (Å²) in [7, 11) is 1.78. The summed E-state index contributed by atoms with van der Waals surface area (Å²) in [6.07, 6.45) is 8.37. The van der Waals surface area contributed by atoms with Gasteiger partial charge in [0.15, 0.2) is 5.12 Å². The molecule has 0 atom stereocenters. The second kappa shape index (κ2) is 7.00. The molecule has 0 aliphatic heterocycles. The van der Waals surface area contributed by atoms with E-state index in [0.29, 0.717) is 5.95 Å². The van der Waals surface area contributed by atoms with Gasteiger partial charge in [-0.1, -0.05) is 23.9 Å². The number of aromatic nitrogens is 2. The van der Waals surface area contributed by atoms with Gasteiger partial charge < -0.3 is 5.32 Å². The molecule has 0 aliphatic rings. The Hall–Kier alpha value is -1.36. The van der Waals surface area contributed by atoms with E-state index in [1.54, 1.807) is 26.4 Å². The normalized spacial score (nSPS) is 10.6. The Bertz CT molecular complexity index is 362. The number of allylic oxidation sites excluding steroid dienone is 1.